The smallest absolute Gasteiger partial charge is 0.343 e. The Labute approximate surface area is 133 Å². The van der Waals surface area contributed by atoms with Gasteiger partial charge in [-0.05, 0) is 42.0 Å². The molecule has 0 aliphatic rings. The van der Waals surface area contributed by atoms with Crippen LogP contribution in [-0.4, -0.2) is 25.3 Å². The Morgan fingerprint density at radius 1 is 1.13 bits per heavy atom. The Bertz CT molecular complexity index is 735. The lowest BCUT2D eigenvalue weighted by molar-refractivity contribution is 0.0735. The summed E-state index contributed by atoms with van der Waals surface area (Å²) in [5, 5.41) is 3.66. The van der Waals surface area contributed by atoms with Crippen LogP contribution in [0.15, 0.2) is 58.7 Å². The molecule has 118 valence electrons. The molecule has 0 amide bonds. The van der Waals surface area contributed by atoms with Crippen molar-refractivity contribution in [3.05, 3.63) is 59.7 Å². The van der Waals surface area contributed by atoms with E-state index in [2.05, 4.69) is 15.0 Å². The molecule has 0 radical (unpaired) electrons. The molecule has 0 fully saturated rings. The standard InChI is InChI=1S/C16H16N4O3/c1-22-19-10-11-3-2-4-14(9-11)23-15(21)12-5-7-13(8-6-12)20-16(17)18/h2-10H,1H3,(H4,17,18,20)/b19-10+. The fourth-order valence-electron chi connectivity index (χ4n) is 1.76. The van der Waals surface area contributed by atoms with Crippen LogP contribution in [0.3, 0.4) is 0 Å². The van der Waals surface area contributed by atoms with Gasteiger partial charge >= 0.3 is 5.97 Å². The molecule has 7 heteroatoms. The zero-order valence-corrected chi connectivity index (χ0v) is 12.5. The normalized spacial score (nSPS) is 10.3. The minimum absolute atomic E-state index is 0.0464. The van der Waals surface area contributed by atoms with E-state index in [1.807, 2.05) is 6.07 Å². The minimum Gasteiger partial charge on any atom is -0.423 e. The molecular weight excluding hydrogens is 296 g/mol. The third-order valence-electron chi connectivity index (χ3n) is 2.74. The van der Waals surface area contributed by atoms with Crippen molar-refractivity contribution in [3.63, 3.8) is 0 Å². The van der Waals surface area contributed by atoms with Gasteiger partial charge in [0.2, 0.25) is 0 Å². The lowest BCUT2D eigenvalue weighted by Gasteiger charge is -2.05. The number of benzene rings is 2. The van der Waals surface area contributed by atoms with Gasteiger partial charge in [0, 0.05) is 0 Å². The van der Waals surface area contributed by atoms with Gasteiger partial charge in [-0.15, -0.1) is 0 Å². The predicted octanol–water partition coefficient (Wildman–Crippen LogP) is 1.79. The maximum atomic E-state index is 12.1. The molecule has 7 nitrogen and oxygen atoms in total. The van der Waals surface area contributed by atoms with Crippen LogP contribution in [0.4, 0.5) is 5.69 Å². The van der Waals surface area contributed by atoms with E-state index in [4.69, 9.17) is 16.2 Å². The molecule has 0 spiro atoms. The fourth-order valence-corrected chi connectivity index (χ4v) is 1.76. The van der Waals surface area contributed by atoms with E-state index in [9.17, 15) is 4.79 Å². The average molecular weight is 312 g/mol. The van der Waals surface area contributed by atoms with Crippen LogP contribution in [0.25, 0.3) is 0 Å². The minimum atomic E-state index is -0.484. The summed E-state index contributed by atoms with van der Waals surface area (Å²) >= 11 is 0. The van der Waals surface area contributed by atoms with Gasteiger partial charge in [-0.25, -0.2) is 9.79 Å². The van der Waals surface area contributed by atoms with Crippen LogP contribution >= 0.6 is 0 Å². The number of carbonyl (C=O) groups is 1. The number of aliphatic imine (C=N–C) groups is 1. The summed E-state index contributed by atoms with van der Waals surface area (Å²) in [5.74, 6) is -0.125. The highest BCUT2D eigenvalue weighted by Gasteiger charge is 2.08. The van der Waals surface area contributed by atoms with E-state index >= 15 is 0 Å². The van der Waals surface area contributed by atoms with Crippen molar-refractivity contribution in [2.45, 2.75) is 0 Å². The first-order chi connectivity index (χ1) is 11.1. The summed E-state index contributed by atoms with van der Waals surface area (Å²) < 4.78 is 5.32. The highest BCUT2D eigenvalue weighted by molar-refractivity contribution is 5.92. The van der Waals surface area contributed by atoms with Crippen LogP contribution in [0.2, 0.25) is 0 Å². The summed E-state index contributed by atoms with van der Waals surface area (Å²) in [5.41, 5.74) is 12.3. The Balaban J connectivity index is 2.09. The van der Waals surface area contributed by atoms with Gasteiger partial charge in [-0.2, -0.15) is 0 Å². The number of rotatable bonds is 5. The van der Waals surface area contributed by atoms with Crippen molar-refractivity contribution in [2.75, 3.05) is 7.11 Å². The quantitative estimate of drug-likeness (QED) is 0.287. The molecule has 0 unspecified atom stereocenters. The van der Waals surface area contributed by atoms with Crippen molar-refractivity contribution >= 4 is 23.8 Å². The van der Waals surface area contributed by atoms with Crippen LogP contribution in [0, 0.1) is 0 Å². The lowest BCUT2D eigenvalue weighted by Crippen LogP contribution is -2.21. The number of guanidine groups is 1. The first-order valence-corrected chi connectivity index (χ1v) is 6.67. The molecular formula is C16H16N4O3. The maximum absolute atomic E-state index is 12.1. The van der Waals surface area contributed by atoms with Gasteiger partial charge in [-0.1, -0.05) is 17.3 Å². The maximum Gasteiger partial charge on any atom is 0.343 e. The molecule has 0 aliphatic heterocycles. The molecule has 0 aromatic heterocycles. The van der Waals surface area contributed by atoms with E-state index in [0.717, 1.165) is 5.56 Å². The molecule has 2 aromatic carbocycles. The van der Waals surface area contributed by atoms with Gasteiger partial charge in [0.1, 0.15) is 12.9 Å². The topological polar surface area (TPSA) is 112 Å². The first-order valence-electron chi connectivity index (χ1n) is 6.67. The second kappa shape index (κ2) is 7.60. The number of nitrogens with two attached hydrogens (primary N) is 2. The van der Waals surface area contributed by atoms with Gasteiger partial charge in [0.15, 0.2) is 5.96 Å². The van der Waals surface area contributed by atoms with E-state index in [1.165, 1.54) is 13.3 Å². The second-order valence-corrected chi connectivity index (χ2v) is 4.46. The Kier molecular flexibility index (Phi) is 5.30. The average Bonchev–Trinajstić information content (AvgIpc) is 2.53. The van der Waals surface area contributed by atoms with Crippen molar-refractivity contribution in [3.8, 4) is 5.75 Å². The zero-order chi connectivity index (χ0) is 16.7. The number of carbonyl (C=O) groups excluding carboxylic acids is 1. The molecule has 0 aliphatic carbocycles. The number of oxime groups is 1. The Morgan fingerprint density at radius 3 is 2.52 bits per heavy atom. The lowest BCUT2D eigenvalue weighted by atomic mass is 10.2. The van der Waals surface area contributed by atoms with Gasteiger partial charge < -0.3 is 21.0 Å². The monoisotopic (exact) mass is 312 g/mol. The van der Waals surface area contributed by atoms with Crippen LogP contribution < -0.4 is 16.2 Å². The summed E-state index contributed by atoms with van der Waals surface area (Å²) in [6.07, 6.45) is 1.52. The largest absolute Gasteiger partial charge is 0.423 e. The SMILES string of the molecule is CO/N=C/c1cccc(OC(=O)c2ccc(N=C(N)N)cc2)c1. The molecule has 4 N–H and O–H groups in total. The van der Waals surface area contributed by atoms with Crippen LogP contribution in [0.5, 0.6) is 5.75 Å². The van der Waals surface area contributed by atoms with Gasteiger partial charge in [-0.3, -0.25) is 0 Å². The molecule has 0 heterocycles. The predicted molar refractivity (Wildman–Crippen MR) is 87.9 cm³/mol. The highest BCUT2D eigenvalue weighted by Crippen LogP contribution is 2.17. The second-order valence-electron chi connectivity index (χ2n) is 4.46. The Morgan fingerprint density at radius 2 is 1.87 bits per heavy atom. The van der Waals surface area contributed by atoms with Gasteiger partial charge in [0.25, 0.3) is 0 Å². The van der Waals surface area contributed by atoms with Crippen molar-refractivity contribution in [1.82, 2.24) is 0 Å². The third-order valence-corrected chi connectivity index (χ3v) is 2.74. The molecule has 0 bridgehead atoms. The number of hydrogen-bond acceptors (Lipinski definition) is 5. The summed E-state index contributed by atoms with van der Waals surface area (Å²) in [6, 6.07) is 13.3. The molecule has 0 saturated carbocycles. The first kappa shape index (κ1) is 16.0. The number of hydrogen-bond donors (Lipinski definition) is 2. The van der Waals surface area contributed by atoms with E-state index in [1.54, 1.807) is 42.5 Å². The van der Waals surface area contributed by atoms with Crippen molar-refractivity contribution < 1.29 is 14.4 Å². The van der Waals surface area contributed by atoms with E-state index in [-0.39, 0.29) is 5.96 Å². The molecule has 0 atom stereocenters. The highest BCUT2D eigenvalue weighted by atomic mass is 16.6. The molecule has 23 heavy (non-hydrogen) atoms. The van der Waals surface area contributed by atoms with Crippen LogP contribution in [0.1, 0.15) is 15.9 Å². The van der Waals surface area contributed by atoms with Crippen LogP contribution in [-0.2, 0) is 4.84 Å². The molecule has 0 saturated heterocycles. The number of esters is 1. The summed E-state index contributed by atoms with van der Waals surface area (Å²) in [4.78, 5) is 20.6. The molecule has 2 rings (SSSR count). The zero-order valence-electron chi connectivity index (χ0n) is 12.5. The number of nitrogens with zero attached hydrogens (tertiary/aromatic N) is 2. The summed E-state index contributed by atoms with van der Waals surface area (Å²) in [7, 11) is 1.45. The summed E-state index contributed by atoms with van der Waals surface area (Å²) in [6.45, 7) is 0. The third kappa shape index (κ3) is 4.85. The fraction of sp³-hybridized carbons (Fsp3) is 0.0625. The number of ether oxygens (including phenoxy) is 1. The van der Waals surface area contributed by atoms with E-state index < -0.39 is 5.97 Å². The van der Waals surface area contributed by atoms with Crippen molar-refractivity contribution in [2.24, 2.45) is 21.6 Å². The van der Waals surface area contributed by atoms with E-state index in [0.29, 0.717) is 17.0 Å². The van der Waals surface area contributed by atoms with Gasteiger partial charge in [0.05, 0.1) is 17.5 Å². The Hall–Kier alpha value is -3.35. The molecule has 2 aromatic rings. The van der Waals surface area contributed by atoms with Crippen molar-refractivity contribution in [1.29, 1.82) is 0 Å².